The lowest BCUT2D eigenvalue weighted by atomic mass is 9.93. The molecule has 30 heavy (non-hydrogen) atoms. The third-order valence-electron chi connectivity index (χ3n) is 6.68. The third-order valence-corrected chi connectivity index (χ3v) is 6.68. The molecule has 2 N–H and O–H groups in total. The number of hydrogen-bond donors (Lipinski definition) is 2. The largest absolute Gasteiger partial charge is 0.356 e. The molecular weight excluding hydrogens is 376 g/mol. The van der Waals surface area contributed by atoms with Gasteiger partial charge in [-0.25, -0.2) is 4.98 Å². The summed E-state index contributed by atoms with van der Waals surface area (Å²) in [6.45, 7) is 3.08. The lowest BCUT2D eigenvalue weighted by molar-refractivity contribution is -0.125. The molecule has 1 amide bonds. The number of nitrogens with zero attached hydrogens (tertiary/aromatic N) is 2. The monoisotopic (exact) mass is 408 g/mol. The van der Waals surface area contributed by atoms with Gasteiger partial charge in [-0.1, -0.05) is 30.3 Å². The quantitative estimate of drug-likeness (QED) is 0.746. The van der Waals surface area contributed by atoms with E-state index in [1.165, 1.54) is 12.8 Å². The van der Waals surface area contributed by atoms with Gasteiger partial charge in [0, 0.05) is 23.6 Å². The molecule has 1 aliphatic carbocycles. The Morgan fingerprint density at radius 3 is 2.63 bits per heavy atom. The maximum Gasteiger partial charge on any atom is 0.254 e. The molecule has 2 aromatic rings. The Labute approximate surface area is 178 Å². The van der Waals surface area contributed by atoms with Crippen molar-refractivity contribution in [3.8, 4) is 11.4 Å². The van der Waals surface area contributed by atoms with E-state index < -0.39 is 0 Å². The lowest BCUT2D eigenvalue weighted by Crippen LogP contribution is -2.35. The van der Waals surface area contributed by atoms with Crippen molar-refractivity contribution >= 4 is 5.91 Å². The van der Waals surface area contributed by atoms with Crippen molar-refractivity contribution in [2.75, 3.05) is 26.7 Å². The van der Waals surface area contributed by atoms with Gasteiger partial charge in [0.2, 0.25) is 5.91 Å². The topological polar surface area (TPSA) is 78.1 Å². The van der Waals surface area contributed by atoms with Crippen molar-refractivity contribution in [3.05, 3.63) is 51.9 Å². The van der Waals surface area contributed by atoms with Crippen LogP contribution in [0.15, 0.2) is 35.1 Å². The maximum atomic E-state index is 12.7. The van der Waals surface area contributed by atoms with Crippen molar-refractivity contribution in [3.63, 3.8) is 0 Å². The molecular formula is C24H32N4O2. The number of piperidine rings is 1. The first-order valence-corrected chi connectivity index (χ1v) is 11.2. The number of aromatic amines is 1. The van der Waals surface area contributed by atoms with Gasteiger partial charge in [-0.05, 0) is 71.0 Å². The van der Waals surface area contributed by atoms with Gasteiger partial charge in [-0.3, -0.25) is 9.59 Å². The zero-order valence-corrected chi connectivity index (χ0v) is 17.8. The maximum absolute atomic E-state index is 12.7. The zero-order chi connectivity index (χ0) is 20.9. The van der Waals surface area contributed by atoms with Gasteiger partial charge in [0.25, 0.3) is 5.56 Å². The second kappa shape index (κ2) is 9.56. The first kappa shape index (κ1) is 20.8. The minimum atomic E-state index is -0.0674. The molecule has 6 heteroatoms. The lowest BCUT2D eigenvalue weighted by Gasteiger charge is -2.29. The number of carbonyl (C=O) groups is 1. The summed E-state index contributed by atoms with van der Waals surface area (Å²) in [6, 6.07) is 9.71. The molecule has 0 radical (unpaired) electrons. The van der Waals surface area contributed by atoms with E-state index in [1.54, 1.807) is 0 Å². The van der Waals surface area contributed by atoms with Gasteiger partial charge in [-0.15, -0.1) is 0 Å². The van der Waals surface area contributed by atoms with Gasteiger partial charge in [0.1, 0.15) is 5.82 Å². The number of carbonyl (C=O) groups excluding carboxylic acids is 1. The fourth-order valence-electron chi connectivity index (χ4n) is 4.67. The van der Waals surface area contributed by atoms with Gasteiger partial charge in [0.15, 0.2) is 0 Å². The highest BCUT2D eigenvalue weighted by molar-refractivity contribution is 5.78. The number of aromatic nitrogens is 2. The van der Waals surface area contributed by atoms with Crippen LogP contribution in [0.5, 0.6) is 0 Å². The molecule has 1 aromatic carbocycles. The van der Waals surface area contributed by atoms with Crippen LogP contribution < -0.4 is 10.9 Å². The summed E-state index contributed by atoms with van der Waals surface area (Å²) < 4.78 is 0. The van der Waals surface area contributed by atoms with Gasteiger partial charge >= 0.3 is 0 Å². The van der Waals surface area contributed by atoms with Crippen LogP contribution in [0.3, 0.4) is 0 Å². The Kier molecular flexibility index (Phi) is 6.62. The average molecular weight is 409 g/mol. The van der Waals surface area contributed by atoms with E-state index in [-0.39, 0.29) is 17.4 Å². The van der Waals surface area contributed by atoms with Crippen molar-refractivity contribution in [1.82, 2.24) is 20.2 Å². The van der Waals surface area contributed by atoms with Gasteiger partial charge in [0.05, 0.1) is 5.69 Å². The predicted molar refractivity (Wildman–Crippen MR) is 118 cm³/mol. The number of aryl methyl sites for hydroxylation is 1. The normalized spacial score (nSPS) is 20.4. The fourth-order valence-corrected chi connectivity index (χ4v) is 4.67. The van der Waals surface area contributed by atoms with Crippen LogP contribution in [-0.2, 0) is 17.6 Å². The van der Waals surface area contributed by atoms with E-state index in [1.807, 2.05) is 30.3 Å². The Balaban J connectivity index is 1.34. The molecule has 1 aromatic heterocycles. The van der Waals surface area contributed by atoms with Crippen LogP contribution >= 0.6 is 0 Å². The molecule has 1 atom stereocenters. The molecule has 0 bridgehead atoms. The van der Waals surface area contributed by atoms with E-state index in [4.69, 9.17) is 4.98 Å². The smallest absolute Gasteiger partial charge is 0.254 e. The highest BCUT2D eigenvalue weighted by atomic mass is 16.2. The second-order valence-corrected chi connectivity index (χ2v) is 8.81. The van der Waals surface area contributed by atoms with Crippen LogP contribution in [0, 0.1) is 11.8 Å². The first-order chi connectivity index (χ1) is 14.6. The van der Waals surface area contributed by atoms with E-state index in [9.17, 15) is 9.59 Å². The number of amides is 1. The molecule has 0 spiro atoms. The Morgan fingerprint density at radius 1 is 1.13 bits per heavy atom. The third kappa shape index (κ3) is 4.98. The highest BCUT2D eigenvalue weighted by Crippen LogP contribution is 2.24. The van der Waals surface area contributed by atoms with Crippen LogP contribution in [0.4, 0.5) is 0 Å². The standard InChI is InChI=1S/C24H32N4O2/c1-28-15-12-17(13-16-28)11-14-25-23(29)19-7-9-20-21(10-8-19)26-22(27-24(20)30)18-5-3-2-4-6-18/h2-6,17,19H,7-16H2,1H3,(H,25,29)(H,26,27,30). The molecule has 1 unspecified atom stereocenters. The van der Waals surface area contributed by atoms with Crippen LogP contribution in [0.2, 0.25) is 0 Å². The predicted octanol–water partition coefficient (Wildman–Crippen LogP) is 2.78. The molecule has 6 nitrogen and oxygen atoms in total. The number of H-pyrrole nitrogens is 1. The van der Waals surface area contributed by atoms with Crippen molar-refractivity contribution in [2.24, 2.45) is 11.8 Å². The van der Waals surface area contributed by atoms with E-state index in [0.29, 0.717) is 25.1 Å². The summed E-state index contributed by atoms with van der Waals surface area (Å²) in [6.07, 6.45) is 6.26. The van der Waals surface area contributed by atoms with Crippen LogP contribution in [0.1, 0.15) is 43.4 Å². The fraction of sp³-hybridized carbons (Fsp3) is 0.542. The van der Waals surface area contributed by atoms with Gasteiger partial charge < -0.3 is 15.2 Å². The van der Waals surface area contributed by atoms with Crippen molar-refractivity contribution in [1.29, 1.82) is 0 Å². The number of hydrogen-bond acceptors (Lipinski definition) is 4. The number of likely N-dealkylation sites (tertiary alicyclic amines) is 1. The minimum Gasteiger partial charge on any atom is -0.356 e. The molecule has 0 saturated carbocycles. The van der Waals surface area contributed by atoms with Crippen molar-refractivity contribution < 1.29 is 4.79 Å². The summed E-state index contributed by atoms with van der Waals surface area (Å²) in [5, 5.41) is 3.16. The summed E-state index contributed by atoms with van der Waals surface area (Å²) in [7, 11) is 2.17. The average Bonchev–Trinajstić information content (AvgIpc) is 2.99. The first-order valence-electron chi connectivity index (χ1n) is 11.2. The highest BCUT2D eigenvalue weighted by Gasteiger charge is 2.25. The van der Waals surface area contributed by atoms with Crippen molar-refractivity contribution in [2.45, 2.75) is 44.9 Å². The Bertz CT molecular complexity index is 917. The summed E-state index contributed by atoms with van der Waals surface area (Å²) in [4.78, 5) is 35.4. The van der Waals surface area contributed by atoms with Crippen LogP contribution in [0.25, 0.3) is 11.4 Å². The zero-order valence-electron chi connectivity index (χ0n) is 17.8. The summed E-state index contributed by atoms with van der Waals surface area (Å²) in [5.74, 6) is 1.42. The summed E-state index contributed by atoms with van der Waals surface area (Å²) in [5.41, 5.74) is 2.43. The molecule has 2 aliphatic rings. The van der Waals surface area contributed by atoms with Crippen LogP contribution in [-0.4, -0.2) is 47.5 Å². The molecule has 1 aliphatic heterocycles. The number of benzene rings is 1. The molecule has 4 rings (SSSR count). The Hall–Kier alpha value is -2.47. The molecule has 2 heterocycles. The number of nitrogens with one attached hydrogen (secondary N) is 2. The minimum absolute atomic E-state index is 0.0451. The SMILES string of the molecule is CN1CCC(CCNC(=O)C2CCc3nc(-c4ccccc4)[nH]c(=O)c3CC2)CC1. The van der Waals surface area contributed by atoms with E-state index in [0.717, 1.165) is 55.2 Å². The Morgan fingerprint density at radius 2 is 1.87 bits per heavy atom. The van der Waals surface area contributed by atoms with E-state index in [2.05, 4.69) is 22.2 Å². The molecule has 160 valence electrons. The number of rotatable bonds is 5. The van der Waals surface area contributed by atoms with E-state index >= 15 is 0 Å². The second-order valence-electron chi connectivity index (χ2n) is 8.81. The summed E-state index contributed by atoms with van der Waals surface area (Å²) >= 11 is 0. The molecule has 1 saturated heterocycles. The van der Waals surface area contributed by atoms with Gasteiger partial charge in [-0.2, -0.15) is 0 Å². The number of fused-ring (bicyclic) bond motifs is 1. The molecule has 1 fully saturated rings.